The zero-order chi connectivity index (χ0) is 11.1. The standard InChI is InChI=1S/C7H8O7/c8-4(9)2-1-3-5(10)14-7(13)6(11)12/h1-3H2,(H,8,9)(H,11,12). The van der Waals surface area contributed by atoms with Crippen molar-refractivity contribution in [3.63, 3.8) is 0 Å². The first-order valence-electron chi connectivity index (χ1n) is 3.63. The highest BCUT2D eigenvalue weighted by Crippen LogP contribution is 1.97. The van der Waals surface area contributed by atoms with E-state index in [0.717, 1.165) is 0 Å². The number of aliphatic carboxylic acids is 2. The topological polar surface area (TPSA) is 118 Å². The number of hydrogen-bond acceptors (Lipinski definition) is 5. The van der Waals surface area contributed by atoms with Gasteiger partial charge in [0.05, 0.1) is 0 Å². The fraction of sp³-hybridized carbons (Fsp3) is 0.429. The predicted octanol–water partition coefficient (Wildman–Crippen LogP) is -0.604. The summed E-state index contributed by atoms with van der Waals surface area (Å²) in [4.78, 5) is 40.8. The quantitative estimate of drug-likeness (QED) is 0.356. The fourth-order valence-corrected chi connectivity index (χ4v) is 0.582. The number of esters is 2. The van der Waals surface area contributed by atoms with Gasteiger partial charge >= 0.3 is 23.9 Å². The number of rotatable bonds is 4. The molecule has 0 fully saturated rings. The first-order chi connectivity index (χ1) is 6.43. The molecule has 0 aliphatic heterocycles. The highest BCUT2D eigenvalue weighted by Gasteiger charge is 2.17. The third-order valence-corrected chi connectivity index (χ3v) is 1.15. The monoisotopic (exact) mass is 204 g/mol. The molecule has 0 aromatic rings. The molecule has 0 bridgehead atoms. The number of carbonyl (C=O) groups is 4. The minimum absolute atomic E-state index is 0.00106. The van der Waals surface area contributed by atoms with Gasteiger partial charge in [-0.3, -0.25) is 9.59 Å². The lowest BCUT2D eigenvalue weighted by Gasteiger charge is -1.97. The van der Waals surface area contributed by atoms with E-state index < -0.39 is 23.9 Å². The molecule has 14 heavy (non-hydrogen) atoms. The summed E-state index contributed by atoms with van der Waals surface area (Å²) in [6, 6.07) is 0. The molecule has 78 valence electrons. The summed E-state index contributed by atoms with van der Waals surface area (Å²) >= 11 is 0. The summed E-state index contributed by atoms with van der Waals surface area (Å²) in [6.45, 7) is 0. The van der Waals surface area contributed by atoms with Crippen molar-refractivity contribution in [1.29, 1.82) is 0 Å². The maximum atomic E-state index is 10.6. The second-order valence-electron chi connectivity index (χ2n) is 2.31. The molecule has 7 nitrogen and oxygen atoms in total. The third-order valence-electron chi connectivity index (χ3n) is 1.15. The van der Waals surface area contributed by atoms with Crippen LogP contribution in [0.15, 0.2) is 0 Å². The van der Waals surface area contributed by atoms with Crippen molar-refractivity contribution in [2.75, 3.05) is 0 Å². The zero-order valence-electron chi connectivity index (χ0n) is 7.06. The molecule has 0 radical (unpaired) electrons. The van der Waals surface area contributed by atoms with Crippen LogP contribution < -0.4 is 0 Å². The number of ether oxygens (including phenoxy) is 1. The van der Waals surface area contributed by atoms with Crippen molar-refractivity contribution in [1.82, 2.24) is 0 Å². The molecule has 0 spiro atoms. The molecule has 2 N–H and O–H groups in total. The molecule has 0 aliphatic carbocycles. The SMILES string of the molecule is O=C(O)CCCC(=O)OC(=O)C(=O)O. The molecular weight excluding hydrogens is 196 g/mol. The van der Waals surface area contributed by atoms with Gasteiger partial charge in [-0.1, -0.05) is 0 Å². The van der Waals surface area contributed by atoms with E-state index >= 15 is 0 Å². The largest absolute Gasteiger partial charge is 0.481 e. The van der Waals surface area contributed by atoms with E-state index in [2.05, 4.69) is 4.74 Å². The van der Waals surface area contributed by atoms with Crippen LogP contribution in [0.1, 0.15) is 19.3 Å². The van der Waals surface area contributed by atoms with Crippen molar-refractivity contribution in [3.05, 3.63) is 0 Å². The molecule has 0 heterocycles. The summed E-state index contributed by atoms with van der Waals surface area (Å²) < 4.78 is 3.82. The Morgan fingerprint density at radius 2 is 1.57 bits per heavy atom. The lowest BCUT2D eigenvalue weighted by molar-refractivity contribution is -0.170. The highest BCUT2D eigenvalue weighted by atomic mass is 16.6. The van der Waals surface area contributed by atoms with Crippen LogP contribution in [0, 0.1) is 0 Å². The van der Waals surface area contributed by atoms with Gasteiger partial charge in [-0.15, -0.1) is 0 Å². The Balaban J connectivity index is 3.71. The van der Waals surface area contributed by atoms with Gasteiger partial charge in [0.1, 0.15) is 0 Å². The lowest BCUT2D eigenvalue weighted by Crippen LogP contribution is -2.20. The predicted molar refractivity (Wildman–Crippen MR) is 40.2 cm³/mol. The minimum Gasteiger partial charge on any atom is -0.481 e. The van der Waals surface area contributed by atoms with E-state index in [9.17, 15) is 19.2 Å². The number of carbonyl (C=O) groups excluding carboxylic acids is 2. The first kappa shape index (κ1) is 12.1. The van der Waals surface area contributed by atoms with E-state index in [-0.39, 0.29) is 19.3 Å². The van der Waals surface area contributed by atoms with Crippen molar-refractivity contribution < 1.29 is 34.1 Å². The third kappa shape index (κ3) is 5.70. The lowest BCUT2D eigenvalue weighted by atomic mass is 10.2. The average molecular weight is 204 g/mol. The zero-order valence-corrected chi connectivity index (χ0v) is 7.06. The van der Waals surface area contributed by atoms with Gasteiger partial charge in [-0.05, 0) is 6.42 Å². The van der Waals surface area contributed by atoms with Crippen LogP contribution in [-0.2, 0) is 23.9 Å². The Morgan fingerprint density at radius 1 is 1.00 bits per heavy atom. The maximum absolute atomic E-state index is 10.6. The number of hydrogen-bond donors (Lipinski definition) is 2. The Bertz CT molecular complexity index is 267. The van der Waals surface area contributed by atoms with Crippen molar-refractivity contribution >= 4 is 23.9 Å². The first-order valence-corrected chi connectivity index (χ1v) is 3.63. The molecule has 0 unspecified atom stereocenters. The van der Waals surface area contributed by atoms with Crippen LogP contribution >= 0.6 is 0 Å². The average Bonchev–Trinajstić information content (AvgIpc) is 2.02. The van der Waals surface area contributed by atoms with Gasteiger partial charge in [0.25, 0.3) is 0 Å². The smallest absolute Gasteiger partial charge is 0.424 e. The van der Waals surface area contributed by atoms with E-state index in [4.69, 9.17) is 10.2 Å². The van der Waals surface area contributed by atoms with Crippen LogP contribution in [0.3, 0.4) is 0 Å². The molecule has 0 aromatic heterocycles. The Hall–Kier alpha value is -1.92. The molecule has 7 heteroatoms. The number of carboxylic acid groups (broad SMARTS) is 2. The molecular formula is C7H8O7. The van der Waals surface area contributed by atoms with E-state index in [1.165, 1.54) is 0 Å². The van der Waals surface area contributed by atoms with Crippen LogP contribution in [0.5, 0.6) is 0 Å². The van der Waals surface area contributed by atoms with E-state index in [0.29, 0.717) is 0 Å². The van der Waals surface area contributed by atoms with Crippen LogP contribution in [0.4, 0.5) is 0 Å². The highest BCUT2D eigenvalue weighted by molar-refractivity contribution is 6.30. The number of carboxylic acids is 2. The van der Waals surface area contributed by atoms with Crippen LogP contribution in [0.25, 0.3) is 0 Å². The van der Waals surface area contributed by atoms with Crippen molar-refractivity contribution in [2.24, 2.45) is 0 Å². The summed E-state index contributed by atoms with van der Waals surface area (Å²) in [5.74, 6) is -5.65. The van der Waals surface area contributed by atoms with Crippen molar-refractivity contribution in [3.8, 4) is 0 Å². The maximum Gasteiger partial charge on any atom is 0.424 e. The second kappa shape index (κ2) is 5.68. The fourth-order valence-electron chi connectivity index (χ4n) is 0.582. The molecule has 0 amide bonds. The van der Waals surface area contributed by atoms with Gasteiger partial charge in [0.15, 0.2) is 0 Å². The Labute approximate surface area is 78.3 Å². The summed E-state index contributed by atoms with van der Waals surface area (Å²) in [5.41, 5.74) is 0. The van der Waals surface area contributed by atoms with Gasteiger partial charge in [-0.2, -0.15) is 0 Å². The van der Waals surface area contributed by atoms with E-state index in [1.54, 1.807) is 0 Å². The van der Waals surface area contributed by atoms with Crippen molar-refractivity contribution in [2.45, 2.75) is 19.3 Å². The molecule has 0 aromatic carbocycles. The summed E-state index contributed by atoms with van der Waals surface area (Å²) in [5, 5.41) is 16.2. The normalized spacial score (nSPS) is 9.14. The molecule has 0 saturated heterocycles. The summed E-state index contributed by atoms with van der Waals surface area (Å²) in [7, 11) is 0. The van der Waals surface area contributed by atoms with Gasteiger partial charge in [-0.25, -0.2) is 9.59 Å². The minimum atomic E-state index is -1.86. The van der Waals surface area contributed by atoms with E-state index in [1.807, 2.05) is 0 Å². The van der Waals surface area contributed by atoms with Gasteiger partial charge < -0.3 is 14.9 Å². The molecule has 0 rings (SSSR count). The molecule has 0 aliphatic rings. The van der Waals surface area contributed by atoms with Crippen LogP contribution in [0.2, 0.25) is 0 Å². The Morgan fingerprint density at radius 3 is 2.00 bits per heavy atom. The molecule has 0 saturated carbocycles. The van der Waals surface area contributed by atoms with Gasteiger partial charge in [0.2, 0.25) is 0 Å². The van der Waals surface area contributed by atoms with Crippen LogP contribution in [-0.4, -0.2) is 34.1 Å². The Kier molecular flexibility index (Phi) is 4.90. The second-order valence-corrected chi connectivity index (χ2v) is 2.31. The van der Waals surface area contributed by atoms with Gasteiger partial charge in [0, 0.05) is 12.8 Å². The summed E-state index contributed by atoms with van der Waals surface area (Å²) in [6.07, 6.45) is -0.539. The molecule has 0 atom stereocenters.